The number of hydrogen-bond acceptors (Lipinski definition) is 4. The molecule has 25 heavy (non-hydrogen) atoms. The minimum absolute atomic E-state index is 0.105. The fourth-order valence-electron chi connectivity index (χ4n) is 2.99. The molecule has 1 saturated heterocycles. The Morgan fingerprint density at radius 1 is 1.36 bits per heavy atom. The van der Waals surface area contributed by atoms with Crippen LogP contribution in [0.5, 0.6) is 0 Å². The summed E-state index contributed by atoms with van der Waals surface area (Å²) in [6.07, 6.45) is 6.28. The summed E-state index contributed by atoms with van der Waals surface area (Å²) >= 11 is 0. The Kier molecular flexibility index (Phi) is 4.65. The molecule has 1 unspecified atom stereocenters. The molecule has 1 atom stereocenters. The summed E-state index contributed by atoms with van der Waals surface area (Å²) < 4.78 is 1.60. The van der Waals surface area contributed by atoms with E-state index in [-0.39, 0.29) is 17.6 Å². The van der Waals surface area contributed by atoms with Crippen molar-refractivity contribution in [2.45, 2.75) is 25.8 Å². The Hall–Kier alpha value is -2.96. The number of pyridine rings is 1. The van der Waals surface area contributed by atoms with Crippen molar-refractivity contribution in [3.8, 4) is 0 Å². The third kappa shape index (κ3) is 3.45. The number of amides is 2. The molecule has 7 heteroatoms. The van der Waals surface area contributed by atoms with E-state index in [1.165, 1.54) is 6.92 Å². The molecule has 1 N–H and O–H groups in total. The summed E-state index contributed by atoms with van der Waals surface area (Å²) in [6.45, 7) is 2.06. The predicted octanol–water partition coefficient (Wildman–Crippen LogP) is 1.55. The molecule has 0 aromatic carbocycles. The van der Waals surface area contributed by atoms with Gasteiger partial charge in [0.25, 0.3) is 5.91 Å². The molecule has 2 amide bonds. The van der Waals surface area contributed by atoms with Crippen LogP contribution in [0.4, 0.5) is 5.69 Å². The van der Waals surface area contributed by atoms with Crippen molar-refractivity contribution >= 4 is 23.3 Å². The summed E-state index contributed by atoms with van der Waals surface area (Å²) in [5, 5.41) is 2.80. The Balaban J connectivity index is 1.75. The molecule has 130 valence electrons. The minimum Gasteiger partial charge on any atom is -0.346 e. The highest BCUT2D eigenvalue weighted by molar-refractivity contribution is 6.03. The number of nitrogens with one attached hydrogen (secondary N) is 1. The van der Waals surface area contributed by atoms with Gasteiger partial charge in [-0.15, -0.1) is 0 Å². The molecule has 1 aliphatic rings. The average molecular weight is 340 g/mol. The fourth-order valence-corrected chi connectivity index (χ4v) is 2.99. The molecule has 1 aliphatic heterocycles. The van der Waals surface area contributed by atoms with E-state index in [4.69, 9.17) is 0 Å². The Morgan fingerprint density at radius 2 is 2.16 bits per heavy atom. The van der Waals surface area contributed by atoms with E-state index < -0.39 is 6.04 Å². The molecule has 2 aromatic heterocycles. The summed E-state index contributed by atoms with van der Waals surface area (Å²) in [7, 11) is 1.70. The molecule has 0 aliphatic carbocycles. The van der Waals surface area contributed by atoms with Gasteiger partial charge >= 0.3 is 0 Å². The van der Waals surface area contributed by atoms with Crippen molar-refractivity contribution in [2.75, 3.05) is 11.4 Å². The molecular weight excluding hydrogens is 320 g/mol. The lowest BCUT2D eigenvalue weighted by atomic mass is 10.0. The summed E-state index contributed by atoms with van der Waals surface area (Å²) in [5.74, 6) is -0.610. The first-order chi connectivity index (χ1) is 12.0. The molecule has 0 bridgehead atoms. The maximum Gasteiger partial charge on any atom is 0.268 e. The van der Waals surface area contributed by atoms with E-state index in [0.29, 0.717) is 24.2 Å². The number of rotatable bonds is 4. The van der Waals surface area contributed by atoms with Gasteiger partial charge in [0.15, 0.2) is 5.78 Å². The Morgan fingerprint density at radius 3 is 2.80 bits per heavy atom. The largest absolute Gasteiger partial charge is 0.346 e. The molecule has 3 heterocycles. The smallest absolute Gasteiger partial charge is 0.268 e. The zero-order valence-corrected chi connectivity index (χ0v) is 14.2. The molecule has 7 nitrogen and oxygen atoms in total. The first-order valence-corrected chi connectivity index (χ1v) is 8.17. The van der Waals surface area contributed by atoms with Gasteiger partial charge in [0.2, 0.25) is 5.91 Å². The Bertz CT molecular complexity index is 813. The number of anilines is 1. The SMILES string of the molecule is CC(=O)c1cc(C(=O)NC2CCCN(c3cccnc3)C2=O)n(C)c1. The molecule has 0 saturated carbocycles. The first-order valence-electron chi connectivity index (χ1n) is 8.17. The van der Waals surface area contributed by atoms with Crippen LogP contribution < -0.4 is 10.2 Å². The van der Waals surface area contributed by atoms with Crippen LogP contribution >= 0.6 is 0 Å². The molecular formula is C18H20N4O3. The van der Waals surface area contributed by atoms with Gasteiger partial charge < -0.3 is 14.8 Å². The quantitative estimate of drug-likeness (QED) is 0.856. The maximum atomic E-state index is 12.7. The number of piperidine rings is 1. The second kappa shape index (κ2) is 6.88. The highest BCUT2D eigenvalue weighted by Gasteiger charge is 2.31. The van der Waals surface area contributed by atoms with Gasteiger partial charge in [0, 0.05) is 31.5 Å². The second-order valence-corrected chi connectivity index (χ2v) is 6.15. The maximum absolute atomic E-state index is 12.7. The highest BCUT2D eigenvalue weighted by Crippen LogP contribution is 2.20. The van der Waals surface area contributed by atoms with E-state index in [1.807, 2.05) is 6.07 Å². The standard InChI is InChI=1S/C18H20N4O3/c1-12(23)13-9-16(21(2)11-13)17(24)20-15-6-4-8-22(18(15)25)14-5-3-7-19-10-14/h3,5,7,9-11,15H,4,6,8H2,1-2H3,(H,20,24). The van der Waals surface area contributed by atoms with E-state index in [2.05, 4.69) is 10.3 Å². The van der Waals surface area contributed by atoms with Gasteiger partial charge in [-0.05, 0) is 38.0 Å². The number of hydrogen-bond donors (Lipinski definition) is 1. The van der Waals surface area contributed by atoms with Crippen LogP contribution in [0.15, 0.2) is 36.8 Å². The number of aryl methyl sites for hydroxylation is 1. The third-order valence-corrected chi connectivity index (χ3v) is 4.35. The second-order valence-electron chi connectivity index (χ2n) is 6.15. The van der Waals surface area contributed by atoms with Crippen molar-refractivity contribution in [2.24, 2.45) is 7.05 Å². The zero-order chi connectivity index (χ0) is 18.0. The van der Waals surface area contributed by atoms with Crippen molar-refractivity contribution < 1.29 is 14.4 Å². The molecule has 3 rings (SSSR count). The normalized spacial score (nSPS) is 17.4. The van der Waals surface area contributed by atoms with Gasteiger partial charge in [-0.1, -0.05) is 0 Å². The van der Waals surface area contributed by atoms with Crippen LogP contribution in [0.25, 0.3) is 0 Å². The third-order valence-electron chi connectivity index (χ3n) is 4.35. The topological polar surface area (TPSA) is 84.3 Å². The lowest BCUT2D eigenvalue weighted by molar-refractivity contribution is -0.121. The fraction of sp³-hybridized carbons (Fsp3) is 0.333. The summed E-state index contributed by atoms with van der Waals surface area (Å²) in [5.41, 5.74) is 1.56. The molecule has 2 aromatic rings. The van der Waals surface area contributed by atoms with Crippen LogP contribution in [-0.2, 0) is 11.8 Å². The molecule has 0 spiro atoms. The average Bonchev–Trinajstić information content (AvgIpc) is 3.00. The summed E-state index contributed by atoms with van der Waals surface area (Å²) in [6, 6.07) is 4.56. The first kappa shape index (κ1) is 16.9. The van der Waals surface area contributed by atoms with Crippen LogP contribution in [0.3, 0.4) is 0 Å². The highest BCUT2D eigenvalue weighted by atomic mass is 16.2. The van der Waals surface area contributed by atoms with Gasteiger partial charge in [-0.3, -0.25) is 19.4 Å². The van der Waals surface area contributed by atoms with Gasteiger partial charge in [0.1, 0.15) is 11.7 Å². The zero-order valence-electron chi connectivity index (χ0n) is 14.2. The van der Waals surface area contributed by atoms with Crippen molar-refractivity contribution in [1.29, 1.82) is 0 Å². The number of carbonyl (C=O) groups excluding carboxylic acids is 3. The monoisotopic (exact) mass is 340 g/mol. The van der Waals surface area contributed by atoms with E-state index >= 15 is 0 Å². The lowest BCUT2D eigenvalue weighted by Crippen LogP contribution is -2.52. The van der Waals surface area contributed by atoms with Crippen LogP contribution in [-0.4, -0.2) is 39.7 Å². The summed E-state index contributed by atoms with van der Waals surface area (Å²) in [4.78, 5) is 42.4. The van der Waals surface area contributed by atoms with Crippen LogP contribution in [0.1, 0.15) is 40.6 Å². The minimum atomic E-state index is -0.586. The number of nitrogens with zero attached hydrogens (tertiary/aromatic N) is 3. The van der Waals surface area contributed by atoms with Crippen molar-refractivity contribution in [3.05, 3.63) is 48.0 Å². The van der Waals surface area contributed by atoms with Crippen LogP contribution in [0.2, 0.25) is 0 Å². The number of aromatic nitrogens is 2. The van der Waals surface area contributed by atoms with Crippen molar-refractivity contribution in [3.63, 3.8) is 0 Å². The number of Topliss-reactive ketones (excluding diaryl/α,β-unsaturated/α-hetero) is 1. The van der Waals surface area contributed by atoms with E-state index in [0.717, 1.165) is 12.1 Å². The number of carbonyl (C=O) groups is 3. The van der Waals surface area contributed by atoms with E-state index in [9.17, 15) is 14.4 Å². The van der Waals surface area contributed by atoms with Crippen molar-refractivity contribution in [1.82, 2.24) is 14.9 Å². The number of ketones is 1. The van der Waals surface area contributed by atoms with Gasteiger partial charge in [0.05, 0.1) is 11.9 Å². The molecule has 0 radical (unpaired) electrons. The molecule has 1 fully saturated rings. The predicted molar refractivity (Wildman–Crippen MR) is 92.5 cm³/mol. The van der Waals surface area contributed by atoms with Crippen LogP contribution in [0, 0.1) is 0 Å². The van der Waals surface area contributed by atoms with E-state index in [1.54, 1.807) is 47.2 Å². The van der Waals surface area contributed by atoms with Gasteiger partial charge in [-0.2, -0.15) is 0 Å². The van der Waals surface area contributed by atoms with Gasteiger partial charge in [-0.25, -0.2) is 0 Å². The lowest BCUT2D eigenvalue weighted by Gasteiger charge is -2.32. The Labute approximate surface area is 145 Å².